The fourth-order valence-corrected chi connectivity index (χ4v) is 1.73. The van der Waals surface area contributed by atoms with Gasteiger partial charge in [0.05, 0.1) is 18.6 Å². The molecule has 0 aliphatic carbocycles. The van der Waals surface area contributed by atoms with E-state index < -0.39 is 60.3 Å². The smallest absolute Gasteiger partial charge is 0.326 e. The fourth-order valence-electron chi connectivity index (χ4n) is 1.73. The summed E-state index contributed by atoms with van der Waals surface area (Å²) in [7, 11) is 0. The van der Waals surface area contributed by atoms with Crippen LogP contribution in [0.3, 0.4) is 0 Å². The third kappa shape index (κ3) is 7.06. The number of carboxylic acid groups (broad SMARTS) is 1. The lowest BCUT2D eigenvalue weighted by Gasteiger charge is -2.25. The average Bonchev–Trinajstić information content (AvgIpc) is 2.39. The predicted octanol–water partition coefficient (Wildman–Crippen LogP) is -2.72. The summed E-state index contributed by atoms with van der Waals surface area (Å²) in [6, 6.07) is -3.87. The second-order valence-corrected chi connectivity index (χ2v) is 5.57. The van der Waals surface area contributed by atoms with E-state index in [4.69, 9.17) is 16.6 Å². The monoisotopic (exact) mass is 332 g/mol. The van der Waals surface area contributed by atoms with Crippen LogP contribution in [0.5, 0.6) is 0 Å². The molecule has 0 heterocycles. The van der Waals surface area contributed by atoms with E-state index >= 15 is 0 Å². The van der Waals surface area contributed by atoms with E-state index in [1.165, 1.54) is 6.92 Å². The van der Waals surface area contributed by atoms with Crippen LogP contribution in [0, 0.1) is 5.92 Å². The Kier molecular flexibility index (Phi) is 8.19. The zero-order chi connectivity index (χ0) is 18.3. The molecule has 0 radical (unpaired) electrons. The third-order valence-electron chi connectivity index (χ3n) is 3.05. The molecular weight excluding hydrogens is 308 g/mol. The van der Waals surface area contributed by atoms with Crippen LogP contribution in [0.4, 0.5) is 0 Å². The summed E-state index contributed by atoms with van der Waals surface area (Å²) in [6.45, 7) is 4.44. The Balaban J connectivity index is 4.97. The summed E-state index contributed by atoms with van der Waals surface area (Å²) < 4.78 is 0. The Morgan fingerprint density at radius 1 is 1.00 bits per heavy atom. The summed E-state index contributed by atoms with van der Waals surface area (Å²) in [5.41, 5.74) is 10.4. The minimum absolute atomic E-state index is 0.404. The van der Waals surface area contributed by atoms with Gasteiger partial charge in [-0.25, -0.2) is 4.79 Å². The van der Waals surface area contributed by atoms with E-state index in [0.29, 0.717) is 0 Å². The number of hydrogen-bond acceptors (Lipinski definition) is 6. The first-order valence-corrected chi connectivity index (χ1v) is 7.02. The number of amides is 3. The Bertz CT molecular complexity index is 465. The largest absolute Gasteiger partial charge is 0.480 e. The second kappa shape index (κ2) is 9.06. The van der Waals surface area contributed by atoms with Gasteiger partial charge in [0, 0.05) is 0 Å². The molecule has 0 rings (SSSR count). The van der Waals surface area contributed by atoms with Gasteiger partial charge >= 0.3 is 5.97 Å². The minimum Gasteiger partial charge on any atom is -0.480 e. The van der Waals surface area contributed by atoms with Gasteiger partial charge in [0.15, 0.2) is 0 Å². The number of aliphatic hydroxyl groups excluding tert-OH is 1. The van der Waals surface area contributed by atoms with Gasteiger partial charge in [-0.05, 0) is 12.8 Å². The number of aliphatic hydroxyl groups is 1. The standard InChI is InChI=1S/C13H24N4O6/c1-5(2)9(13(22)23)16-12(21)10(6(3)18)17-11(20)7(14)4-8(15)19/h5-7,9-10,18H,4,14H2,1-3H3,(H2,15,19)(H,16,21)(H,17,20)(H,22,23)/t6-,7+,9+,10+/m0/s1. The summed E-state index contributed by atoms with van der Waals surface area (Å²) in [5.74, 6) is -4.17. The van der Waals surface area contributed by atoms with Crippen molar-refractivity contribution < 1.29 is 29.4 Å². The molecule has 4 atom stereocenters. The van der Waals surface area contributed by atoms with E-state index in [0.717, 1.165) is 0 Å². The SMILES string of the molecule is CC(C)[C@@H](NC(=O)[C@H](NC(=O)[C@H](N)CC(N)=O)[C@H](C)O)C(=O)O. The molecule has 0 saturated heterocycles. The molecule has 0 spiro atoms. The number of aliphatic carboxylic acids is 1. The highest BCUT2D eigenvalue weighted by Crippen LogP contribution is 2.04. The van der Waals surface area contributed by atoms with Crippen LogP contribution in [-0.2, 0) is 19.2 Å². The fraction of sp³-hybridized carbons (Fsp3) is 0.692. The molecule has 3 amide bonds. The van der Waals surface area contributed by atoms with E-state index in [9.17, 15) is 24.3 Å². The molecule has 10 nitrogen and oxygen atoms in total. The first-order chi connectivity index (χ1) is 10.5. The Labute approximate surface area is 133 Å². The average molecular weight is 332 g/mol. The van der Waals surface area contributed by atoms with Crippen LogP contribution in [0.25, 0.3) is 0 Å². The molecule has 0 unspecified atom stereocenters. The zero-order valence-corrected chi connectivity index (χ0v) is 13.3. The number of carbonyl (C=O) groups is 4. The normalized spacial score (nSPS) is 16.1. The van der Waals surface area contributed by atoms with Crippen molar-refractivity contribution in [2.75, 3.05) is 0 Å². The van der Waals surface area contributed by atoms with E-state index in [2.05, 4.69) is 10.6 Å². The number of carbonyl (C=O) groups excluding carboxylic acids is 3. The van der Waals surface area contributed by atoms with Crippen LogP contribution in [0.1, 0.15) is 27.2 Å². The van der Waals surface area contributed by atoms with Crippen LogP contribution >= 0.6 is 0 Å². The Morgan fingerprint density at radius 2 is 1.48 bits per heavy atom. The number of nitrogens with one attached hydrogen (secondary N) is 2. The highest BCUT2D eigenvalue weighted by atomic mass is 16.4. The summed E-state index contributed by atoms with van der Waals surface area (Å²) in [4.78, 5) is 45.7. The van der Waals surface area contributed by atoms with Gasteiger partial charge in [0.2, 0.25) is 17.7 Å². The lowest BCUT2D eigenvalue weighted by atomic mass is 10.0. The maximum Gasteiger partial charge on any atom is 0.326 e. The van der Waals surface area contributed by atoms with Gasteiger partial charge in [-0.1, -0.05) is 13.8 Å². The van der Waals surface area contributed by atoms with Crippen molar-refractivity contribution in [3.8, 4) is 0 Å². The molecule has 0 aliphatic heterocycles. The molecule has 0 aromatic carbocycles. The van der Waals surface area contributed by atoms with Crippen molar-refractivity contribution in [3.05, 3.63) is 0 Å². The van der Waals surface area contributed by atoms with E-state index in [-0.39, 0.29) is 0 Å². The van der Waals surface area contributed by atoms with Crippen molar-refractivity contribution in [1.82, 2.24) is 10.6 Å². The lowest BCUT2D eigenvalue weighted by Crippen LogP contribution is -2.59. The van der Waals surface area contributed by atoms with Crippen molar-refractivity contribution in [3.63, 3.8) is 0 Å². The van der Waals surface area contributed by atoms with Gasteiger partial charge in [0.1, 0.15) is 12.1 Å². The van der Waals surface area contributed by atoms with Gasteiger partial charge in [-0.3, -0.25) is 14.4 Å². The number of nitrogens with two attached hydrogens (primary N) is 2. The number of carboxylic acids is 1. The number of rotatable bonds is 9. The molecule has 0 aromatic rings. The summed E-state index contributed by atoms with van der Waals surface area (Å²) in [5, 5.41) is 23.1. The van der Waals surface area contributed by atoms with Crippen molar-refractivity contribution >= 4 is 23.7 Å². The third-order valence-corrected chi connectivity index (χ3v) is 3.05. The van der Waals surface area contributed by atoms with Crippen molar-refractivity contribution in [1.29, 1.82) is 0 Å². The van der Waals surface area contributed by atoms with Crippen LogP contribution < -0.4 is 22.1 Å². The second-order valence-electron chi connectivity index (χ2n) is 5.57. The van der Waals surface area contributed by atoms with Gasteiger partial charge in [-0.2, -0.15) is 0 Å². The Morgan fingerprint density at radius 3 is 1.83 bits per heavy atom. The molecule has 132 valence electrons. The quantitative estimate of drug-likeness (QED) is 0.265. The number of hydrogen-bond donors (Lipinski definition) is 6. The molecule has 10 heteroatoms. The molecule has 0 aromatic heterocycles. The topological polar surface area (TPSA) is 185 Å². The summed E-state index contributed by atoms with van der Waals surface area (Å²) in [6.07, 6.45) is -1.73. The zero-order valence-electron chi connectivity index (χ0n) is 13.3. The van der Waals surface area contributed by atoms with E-state index in [1.54, 1.807) is 13.8 Å². The molecule has 8 N–H and O–H groups in total. The minimum atomic E-state index is -1.41. The summed E-state index contributed by atoms with van der Waals surface area (Å²) >= 11 is 0. The molecule has 0 fully saturated rings. The van der Waals surface area contributed by atoms with Gasteiger partial charge < -0.3 is 32.3 Å². The van der Waals surface area contributed by atoms with E-state index in [1.807, 2.05) is 0 Å². The number of primary amides is 1. The van der Waals surface area contributed by atoms with Crippen molar-refractivity contribution in [2.45, 2.75) is 51.4 Å². The van der Waals surface area contributed by atoms with Crippen LogP contribution in [-0.4, -0.2) is 58.1 Å². The van der Waals surface area contributed by atoms with Crippen LogP contribution in [0.15, 0.2) is 0 Å². The first-order valence-electron chi connectivity index (χ1n) is 7.02. The molecule has 0 aliphatic rings. The highest BCUT2D eigenvalue weighted by molar-refractivity contribution is 5.93. The van der Waals surface area contributed by atoms with Crippen LogP contribution in [0.2, 0.25) is 0 Å². The first kappa shape index (κ1) is 20.8. The van der Waals surface area contributed by atoms with Crippen molar-refractivity contribution in [2.24, 2.45) is 17.4 Å². The molecule has 0 saturated carbocycles. The van der Waals surface area contributed by atoms with Gasteiger partial charge in [0.25, 0.3) is 0 Å². The molecule has 23 heavy (non-hydrogen) atoms. The maximum absolute atomic E-state index is 12.1. The maximum atomic E-state index is 12.1. The molecular formula is C13H24N4O6. The predicted molar refractivity (Wildman–Crippen MR) is 79.8 cm³/mol. The highest BCUT2D eigenvalue weighted by Gasteiger charge is 2.32. The Hall–Kier alpha value is -2.20. The molecule has 0 bridgehead atoms. The lowest BCUT2D eigenvalue weighted by molar-refractivity contribution is -0.144. The van der Waals surface area contributed by atoms with Gasteiger partial charge in [-0.15, -0.1) is 0 Å².